The molecule has 32 heavy (non-hydrogen) atoms. The fraction of sp³-hybridized carbons (Fsp3) is 0.455. The first-order valence-electron chi connectivity index (χ1n) is 10.2. The van der Waals surface area contributed by atoms with E-state index < -0.39 is 37.0 Å². The first-order valence-corrected chi connectivity index (χ1v) is 14.6. The van der Waals surface area contributed by atoms with Crippen molar-refractivity contribution >= 4 is 19.8 Å². The Balaban J connectivity index is 2.21. The number of alkyl halides is 3. The van der Waals surface area contributed by atoms with Gasteiger partial charge in [0.05, 0.1) is 5.69 Å². The molecule has 1 aromatic carbocycles. The van der Waals surface area contributed by atoms with Crippen LogP contribution in [0.1, 0.15) is 36.9 Å². The Bertz CT molecular complexity index is 1210. The molecule has 1 aliphatic rings. The molecule has 1 aromatic heterocycles. The largest absolute Gasteiger partial charge is 0.431 e. The first kappa shape index (κ1) is 24.4. The quantitative estimate of drug-likeness (QED) is 0.352. The van der Waals surface area contributed by atoms with Crippen LogP contribution in [0.25, 0.3) is 5.69 Å². The Morgan fingerprint density at radius 1 is 1.09 bits per heavy atom. The summed E-state index contributed by atoms with van der Waals surface area (Å²) in [5, 5.41) is 0.299. The van der Waals surface area contributed by atoms with Crippen LogP contribution >= 0.6 is 11.8 Å². The minimum absolute atomic E-state index is 0.299. The highest BCUT2D eigenvalue weighted by molar-refractivity contribution is 8.00. The molecule has 0 saturated heterocycles. The second-order valence-electron chi connectivity index (χ2n) is 8.87. The van der Waals surface area contributed by atoms with Gasteiger partial charge in [0.15, 0.2) is 0 Å². The summed E-state index contributed by atoms with van der Waals surface area (Å²) in [6.07, 6.45) is -0.744. The molecular formula is C22H24F4N2O2SSi. The molecule has 0 aliphatic heterocycles. The maximum Gasteiger partial charge on any atom is 0.431 e. The summed E-state index contributed by atoms with van der Waals surface area (Å²) >= 11 is 1.51. The van der Waals surface area contributed by atoms with E-state index in [1.54, 1.807) is 0 Å². The van der Waals surface area contributed by atoms with Crippen LogP contribution in [0.4, 0.5) is 17.6 Å². The third-order valence-corrected chi connectivity index (χ3v) is 7.34. The Morgan fingerprint density at radius 3 is 2.28 bits per heavy atom. The molecule has 4 nitrogen and oxygen atoms in total. The topological polar surface area (TPSA) is 44.0 Å². The third-order valence-electron chi connectivity index (χ3n) is 5.07. The number of aromatic nitrogens is 2. The number of rotatable bonds is 3. The third kappa shape index (κ3) is 5.38. The van der Waals surface area contributed by atoms with Crippen LogP contribution in [0.2, 0.25) is 19.6 Å². The van der Waals surface area contributed by atoms with Crippen molar-refractivity contribution in [1.29, 1.82) is 0 Å². The summed E-state index contributed by atoms with van der Waals surface area (Å²) in [6, 6.07) is 2.84. The van der Waals surface area contributed by atoms with Gasteiger partial charge in [-0.3, -0.25) is 9.36 Å². The highest BCUT2D eigenvalue weighted by atomic mass is 32.2. The van der Waals surface area contributed by atoms with E-state index in [9.17, 15) is 22.8 Å². The Kier molecular flexibility index (Phi) is 6.82. The van der Waals surface area contributed by atoms with Crippen molar-refractivity contribution in [3.8, 4) is 17.2 Å². The molecule has 172 valence electrons. The van der Waals surface area contributed by atoms with E-state index in [2.05, 4.69) is 31.1 Å². The summed E-state index contributed by atoms with van der Waals surface area (Å²) < 4.78 is 55.3. The lowest BCUT2D eigenvalue weighted by molar-refractivity contribution is -0.144. The zero-order valence-electron chi connectivity index (χ0n) is 18.3. The minimum atomic E-state index is -4.88. The van der Waals surface area contributed by atoms with Crippen LogP contribution in [0.5, 0.6) is 0 Å². The molecule has 1 saturated carbocycles. The van der Waals surface area contributed by atoms with Crippen LogP contribution in [0.3, 0.4) is 0 Å². The minimum Gasteiger partial charge on any atom is -0.292 e. The predicted octanol–water partition coefficient (Wildman–Crippen LogP) is 4.96. The number of hydrogen-bond acceptors (Lipinski definition) is 3. The molecule has 0 N–H and O–H groups in total. The lowest BCUT2D eigenvalue weighted by atomic mass is 10.2. The van der Waals surface area contributed by atoms with Gasteiger partial charge in [-0.05, 0) is 25.0 Å². The first-order chi connectivity index (χ1) is 14.8. The standard InChI is InChI=1S/C22H24F4N2O2SSi/c1-27-19(22(24,25)26)13-20(29)28(21(27)30)17-12-18(31-15-7-5-6-8-15)14(11-16(17)23)9-10-32(2,3)4/h11-13,15H,5-8H2,1-4H3. The van der Waals surface area contributed by atoms with Crippen LogP contribution < -0.4 is 11.2 Å². The average molecular weight is 485 g/mol. The van der Waals surface area contributed by atoms with Gasteiger partial charge in [0.1, 0.15) is 19.6 Å². The lowest BCUT2D eigenvalue weighted by Crippen LogP contribution is -2.41. The molecule has 1 aliphatic carbocycles. The van der Waals surface area contributed by atoms with Crippen molar-refractivity contribution in [3.63, 3.8) is 0 Å². The van der Waals surface area contributed by atoms with Gasteiger partial charge in [-0.25, -0.2) is 13.8 Å². The van der Waals surface area contributed by atoms with Crippen LogP contribution in [-0.2, 0) is 13.2 Å². The molecule has 1 heterocycles. The van der Waals surface area contributed by atoms with E-state index in [4.69, 9.17) is 0 Å². The van der Waals surface area contributed by atoms with Crippen molar-refractivity contribution in [1.82, 2.24) is 9.13 Å². The van der Waals surface area contributed by atoms with Crippen LogP contribution in [0.15, 0.2) is 32.7 Å². The van der Waals surface area contributed by atoms with Crippen molar-refractivity contribution in [3.05, 3.63) is 56.1 Å². The molecular weight excluding hydrogens is 460 g/mol. The lowest BCUT2D eigenvalue weighted by Gasteiger charge is -2.16. The number of benzene rings is 1. The van der Waals surface area contributed by atoms with Crippen LogP contribution in [0, 0.1) is 17.3 Å². The van der Waals surface area contributed by atoms with E-state index >= 15 is 4.39 Å². The maximum atomic E-state index is 15.1. The fourth-order valence-electron chi connectivity index (χ4n) is 3.47. The van der Waals surface area contributed by atoms with Gasteiger partial charge in [0.2, 0.25) is 0 Å². The molecule has 0 bridgehead atoms. The molecule has 1 fully saturated rings. The molecule has 3 rings (SSSR count). The number of halogens is 4. The highest BCUT2D eigenvalue weighted by Crippen LogP contribution is 2.37. The highest BCUT2D eigenvalue weighted by Gasteiger charge is 2.35. The van der Waals surface area contributed by atoms with E-state index in [1.165, 1.54) is 23.9 Å². The second-order valence-corrected chi connectivity index (χ2v) is 15.0. The number of thioether (sulfide) groups is 1. The van der Waals surface area contributed by atoms with Crippen LogP contribution in [-0.4, -0.2) is 22.5 Å². The van der Waals surface area contributed by atoms with E-state index in [0.29, 0.717) is 30.9 Å². The molecule has 10 heteroatoms. The molecule has 0 spiro atoms. The van der Waals surface area contributed by atoms with Gasteiger partial charge >= 0.3 is 11.9 Å². The number of nitrogens with zero attached hydrogens (tertiary/aromatic N) is 2. The second kappa shape index (κ2) is 8.94. The Hall–Kier alpha value is -2.25. The summed E-state index contributed by atoms with van der Waals surface area (Å²) in [7, 11) is -0.856. The molecule has 0 amide bonds. The van der Waals surface area contributed by atoms with E-state index in [0.717, 1.165) is 32.7 Å². The molecule has 0 atom stereocenters. The fourth-order valence-corrected chi connectivity index (χ4v) is 5.32. The SMILES string of the molecule is Cn1c(C(F)(F)F)cc(=O)n(-c2cc(SC3CCCC3)c(C#C[Si](C)(C)C)cc2F)c1=O. The molecule has 0 unspecified atom stereocenters. The summed E-state index contributed by atoms with van der Waals surface area (Å²) in [4.78, 5) is 25.7. The zero-order chi connectivity index (χ0) is 23.8. The van der Waals surface area contributed by atoms with Crippen molar-refractivity contribution in [2.45, 2.75) is 61.6 Å². The smallest absolute Gasteiger partial charge is 0.292 e. The average Bonchev–Trinajstić information content (AvgIpc) is 3.17. The Morgan fingerprint density at radius 2 is 1.72 bits per heavy atom. The van der Waals surface area contributed by atoms with E-state index in [-0.39, 0.29) is 5.69 Å². The normalized spacial score (nSPS) is 15.0. The summed E-state index contributed by atoms with van der Waals surface area (Å²) in [5.41, 5.74) is -0.604. The van der Waals surface area contributed by atoms with Crippen molar-refractivity contribution in [2.24, 2.45) is 7.05 Å². The number of hydrogen-bond donors (Lipinski definition) is 0. The molecule has 0 radical (unpaired) electrons. The van der Waals surface area contributed by atoms with Gasteiger partial charge in [-0.2, -0.15) is 13.2 Å². The summed E-state index contributed by atoms with van der Waals surface area (Å²) in [6.45, 7) is 6.17. The van der Waals surface area contributed by atoms with Crippen molar-refractivity contribution in [2.75, 3.05) is 0 Å². The van der Waals surface area contributed by atoms with Gasteiger partial charge < -0.3 is 0 Å². The van der Waals surface area contributed by atoms with Gasteiger partial charge in [0, 0.05) is 28.8 Å². The monoisotopic (exact) mass is 484 g/mol. The van der Waals surface area contributed by atoms with Gasteiger partial charge in [-0.15, -0.1) is 17.3 Å². The van der Waals surface area contributed by atoms with E-state index in [1.807, 2.05) is 0 Å². The zero-order valence-corrected chi connectivity index (χ0v) is 20.1. The molecule has 2 aromatic rings. The van der Waals surface area contributed by atoms with Crippen molar-refractivity contribution < 1.29 is 17.6 Å². The van der Waals surface area contributed by atoms with Gasteiger partial charge in [0.25, 0.3) is 5.56 Å². The maximum absolute atomic E-state index is 15.1. The predicted molar refractivity (Wildman–Crippen MR) is 121 cm³/mol. The Labute approximate surface area is 188 Å². The summed E-state index contributed by atoms with van der Waals surface area (Å²) in [5.74, 6) is 2.16. The van der Waals surface area contributed by atoms with Gasteiger partial charge in [-0.1, -0.05) is 38.4 Å².